The molecule has 0 saturated carbocycles. The third-order valence-electron chi connectivity index (χ3n) is 5.17. The van der Waals surface area contributed by atoms with Gasteiger partial charge in [0.15, 0.2) is 0 Å². The van der Waals surface area contributed by atoms with Crippen molar-refractivity contribution in [2.45, 2.75) is 13.0 Å². The molecule has 0 aliphatic rings. The Bertz CT molecular complexity index is 1060. The van der Waals surface area contributed by atoms with Crippen LogP contribution in [0.15, 0.2) is 91.1 Å². The molecule has 1 heterocycles. The van der Waals surface area contributed by atoms with Crippen molar-refractivity contribution in [2.24, 2.45) is 0 Å². The maximum Gasteiger partial charge on any atom is 0.123 e. The van der Waals surface area contributed by atoms with Gasteiger partial charge in [0.25, 0.3) is 0 Å². The lowest BCUT2D eigenvalue weighted by molar-refractivity contribution is 0.299. The van der Waals surface area contributed by atoms with Crippen molar-refractivity contribution in [3.8, 4) is 0 Å². The minimum atomic E-state index is -0.202. The number of hydrogen-bond acceptors (Lipinski definition) is 1. The molecule has 1 aromatic heterocycles. The van der Waals surface area contributed by atoms with Crippen LogP contribution in [0.4, 0.5) is 4.39 Å². The van der Waals surface area contributed by atoms with Crippen molar-refractivity contribution in [1.82, 2.24) is 9.88 Å². The molecule has 146 valence electrons. The van der Waals surface area contributed by atoms with Crippen molar-refractivity contribution < 1.29 is 4.39 Å². The molecule has 0 saturated heterocycles. The van der Waals surface area contributed by atoms with Gasteiger partial charge in [0.1, 0.15) is 5.82 Å². The summed E-state index contributed by atoms with van der Waals surface area (Å²) in [6, 6.07) is 25.6. The van der Waals surface area contributed by atoms with Crippen molar-refractivity contribution in [1.29, 1.82) is 0 Å². The number of aromatic nitrogens is 1. The minimum absolute atomic E-state index is 0.202. The molecule has 1 N–H and O–H groups in total. The standard InChI is InChI=1S/C26H25FN2/c27-24-14-12-21(13-15-24)9-6-17-29(20-22-7-2-1-3-8-22)18-16-23-19-28-26-11-5-4-10-25(23)26/h1-15,19,28H,16-18,20H2/b9-6+. The summed E-state index contributed by atoms with van der Waals surface area (Å²) >= 11 is 0. The highest BCUT2D eigenvalue weighted by Gasteiger charge is 2.08. The second-order valence-electron chi connectivity index (χ2n) is 7.28. The van der Waals surface area contributed by atoms with Crippen LogP contribution in [0.2, 0.25) is 0 Å². The number of aromatic amines is 1. The molecular formula is C26H25FN2. The van der Waals surface area contributed by atoms with Gasteiger partial charge in [-0.3, -0.25) is 4.90 Å². The van der Waals surface area contributed by atoms with E-state index in [0.29, 0.717) is 0 Å². The van der Waals surface area contributed by atoms with E-state index in [9.17, 15) is 4.39 Å². The molecule has 29 heavy (non-hydrogen) atoms. The van der Waals surface area contributed by atoms with Gasteiger partial charge in [-0.05, 0) is 41.3 Å². The molecule has 3 heteroatoms. The van der Waals surface area contributed by atoms with Crippen molar-refractivity contribution in [2.75, 3.05) is 13.1 Å². The number of rotatable bonds is 8. The fourth-order valence-electron chi connectivity index (χ4n) is 3.61. The second-order valence-corrected chi connectivity index (χ2v) is 7.28. The van der Waals surface area contributed by atoms with Gasteiger partial charge in [0.05, 0.1) is 0 Å². The van der Waals surface area contributed by atoms with E-state index in [-0.39, 0.29) is 5.82 Å². The van der Waals surface area contributed by atoms with Gasteiger partial charge in [-0.2, -0.15) is 0 Å². The Labute approximate surface area is 171 Å². The largest absolute Gasteiger partial charge is 0.361 e. The van der Waals surface area contributed by atoms with Crippen LogP contribution in [-0.2, 0) is 13.0 Å². The number of benzene rings is 3. The summed E-state index contributed by atoms with van der Waals surface area (Å²) in [4.78, 5) is 5.81. The number of nitrogens with zero attached hydrogens (tertiary/aromatic N) is 1. The van der Waals surface area contributed by atoms with Crippen molar-refractivity contribution in [3.05, 3.63) is 114 Å². The molecule has 4 rings (SSSR count). The summed E-state index contributed by atoms with van der Waals surface area (Å²) < 4.78 is 13.1. The average Bonchev–Trinajstić information content (AvgIpc) is 3.17. The lowest BCUT2D eigenvalue weighted by atomic mass is 10.1. The first kappa shape index (κ1) is 19.2. The zero-order valence-electron chi connectivity index (χ0n) is 16.4. The summed E-state index contributed by atoms with van der Waals surface area (Å²) in [5.41, 5.74) is 4.86. The van der Waals surface area contributed by atoms with E-state index in [1.54, 1.807) is 12.1 Å². The summed E-state index contributed by atoms with van der Waals surface area (Å²) in [6.45, 7) is 2.70. The zero-order chi connectivity index (χ0) is 19.9. The van der Waals surface area contributed by atoms with E-state index in [1.807, 2.05) is 6.07 Å². The van der Waals surface area contributed by atoms with Crippen LogP contribution >= 0.6 is 0 Å². The van der Waals surface area contributed by atoms with E-state index in [4.69, 9.17) is 0 Å². The number of H-pyrrole nitrogens is 1. The molecular weight excluding hydrogens is 359 g/mol. The maximum absolute atomic E-state index is 13.1. The highest BCUT2D eigenvalue weighted by atomic mass is 19.1. The van der Waals surface area contributed by atoms with E-state index in [2.05, 4.69) is 76.8 Å². The molecule has 0 bridgehead atoms. The highest BCUT2D eigenvalue weighted by molar-refractivity contribution is 5.83. The highest BCUT2D eigenvalue weighted by Crippen LogP contribution is 2.19. The summed E-state index contributed by atoms with van der Waals surface area (Å²) in [5.74, 6) is -0.202. The third-order valence-corrected chi connectivity index (χ3v) is 5.17. The molecule has 2 nitrogen and oxygen atoms in total. The number of fused-ring (bicyclic) bond motifs is 1. The van der Waals surface area contributed by atoms with Gasteiger partial charge < -0.3 is 4.98 Å². The van der Waals surface area contributed by atoms with Gasteiger partial charge in [-0.25, -0.2) is 4.39 Å². The first-order valence-electron chi connectivity index (χ1n) is 10.0. The van der Waals surface area contributed by atoms with Crippen LogP contribution in [-0.4, -0.2) is 23.0 Å². The Morgan fingerprint density at radius 2 is 1.62 bits per heavy atom. The summed E-state index contributed by atoms with van der Waals surface area (Å²) in [5, 5.41) is 1.30. The normalized spacial score (nSPS) is 11.7. The van der Waals surface area contributed by atoms with Crippen molar-refractivity contribution >= 4 is 17.0 Å². The monoisotopic (exact) mass is 384 g/mol. The first-order valence-corrected chi connectivity index (χ1v) is 10.0. The second kappa shape index (κ2) is 9.35. The van der Waals surface area contributed by atoms with Crippen LogP contribution < -0.4 is 0 Å². The lowest BCUT2D eigenvalue weighted by Gasteiger charge is -2.21. The number of nitrogens with one attached hydrogen (secondary N) is 1. The van der Waals surface area contributed by atoms with E-state index in [0.717, 1.165) is 31.6 Å². The van der Waals surface area contributed by atoms with E-state index in [1.165, 1.54) is 34.2 Å². The third kappa shape index (κ3) is 5.21. The van der Waals surface area contributed by atoms with Gasteiger partial charge in [-0.15, -0.1) is 0 Å². The quantitative estimate of drug-likeness (QED) is 0.391. The first-order chi connectivity index (χ1) is 14.3. The molecule has 0 aliphatic carbocycles. The molecule has 0 fully saturated rings. The van der Waals surface area contributed by atoms with E-state index < -0.39 is 0 Å². The van der Waals surface area contributed by atoms with Crippen molar-refractivity contribution in [3.63, 3.8) is 0 Å². The molecule has 0 spiro atoms. The fourth-order valence-corrected chi connectivity index (χ4v) is 3.61. The number of halogens is 1. The van der Waals surface area contributed by atoms with Crippen LogP contribution in [0.5, 0.6) is 0 Å². The molecule has 0 amide bonds. The van der Waals surface area contributed by atoms with Gasteiger partial charge in [-0.1, -0.05) is 72.8 Å². The van der Waals surface area contributed by atoms with Crippen LogP contribution in [0, 0.1) is 5.82 Å². The zero-order valence-corrected chi connectivity index (χ0v) is 16.4. The summed E-state index contributed by atoms with van der Waals surface area (Å²) in [7, 11) is 0. The van der Waals surface area contributed by atoms with Gasteiger partial charge in [0, 0.05) is 36.7 Å². The van der Waals surface area contributed by atoms with E-state index >= 15 is 0 Å². The molecule has 0 unspecified atom stereocenters. The SMILES string of the molecule is Fc1ccc(/C=C/CN(CCc2c[nH]c3ccccc23)Cc2ccccc2)cc1. The van der Waals surface area contributed by atoms with Gasteiger partial charge in [0.2, 0.25) is 0 Å². The topological polar surface area (TPSA) is 19.0 Å². The predicted octanol–water partition coefficient (Wildman–Crippen LogP) is 6.07. The fraction of sp³-hybridized carbons (Fsp3) is 0.154. The maximum atomic E-state index is 13.1. The molecule has 3 aromatic carbocycles. The van der Waals surface area contributed by atoms with Crippen LogP contribution in [0.3, 0.4) is 0 Å². The molecule has 0 atom stereocenters. The number of para-hydroxylation sites is 1. The lowest BCUT2D eigenvalue weighted by Crippen LogP contribution is -2.25. The Morgan fingerprint density at radius 3 is 2.45 bits per heavy atom. The smallest absolute Gasteiger partial charge is 0.123 e. The van der Waals surface area contributed by atoms with Gasteiger partial charge >= 0.3 is 0 Å². The molecule has 4 aromatic rings. The Morgan fingerprint density at radius 1 is 0.862 bits per heavy atom. The molecule has 0 aliphatic heterocycles. The molecule has 0 radical (unpaired) electrons. The summed E-state index contributed by atoms with van der Waals surface area (Å²) in [6.07, 6.45) is 7.33. The Hall–Kier alpha value is -3.17. The predicted molar refractivity (Wildman–Crippen MR) is 119 cm³/mol. The minimum Gasteiger partial charge on any atom is -0.361 e. The van der Waals surface area contributed by atoms with Crippen LogP contribution in [0.1, 0.15) is 16.7 Å². The van der Waals surface area contributed by atoms with Crippen LogP contribution in [0.25, 0.3) is 17.0 Å². The number of hydrogen-bond donors (Lipinski definition) is 1. The Kier molecular flexibility index (Phi) is 6.18. The Balaban J connectivity index is 1.44. The average molecular weight is 384 g/mol.